The Kier molecular flexibility index (Phi) is 5.54. The lowest BCUT2D eigenvalue weighted by molar-refractivity contribution is 0.418. The van der Waals surface area contributed by atoms with Gasteiger partial charge in [-0.05, 0) is 17.4 Å². The molecule has 2 rings (SSSR count). The van der Waals surface area contributed by atoms with Gasteiger partial charge in [-0.15, -0.1) is 0 Å². The summed E-state index contributed by atoms with van der Waals surface area (Å²) in [7, 11) is 0.820. The molecule has 0 aliphatic carbocycles. The van der Waals surface area contributed by atoms with Crippen LogP contribution in [0.1, 0.15) is 0 Å². The highest BCUT2D eigenvalue weighted by Crippen LogP contribution is 2.41. The summed E-state index contributed by atoms with van der Waals surface area (Å²) in [6, 6.07) is 18.0. The van der Waals surface area contributed by atoms with Crippen LogP contribution in [0.25, 0.3) is 0 Å². The second-order valence-electron chi connectivity index (χ2n) is 3.29. The Morgan fingerprint density at radius 2 is 1.53 bits per heavy atom. The van der Waals surface area contributed by atoms with E-state index in [0.717, 1.165) is 16.4 Å². The molecule has 0 aromatic heterocycles. The number of benzene rings is 2. The normalized spacial score (nSPS) is 11.4. The summed E-state index contributed by atoms with van der Waals surface area (Å²) in [4.78, 5) is 0. The zero-order valence-electron chi connectivity index (χ0n) is 9.51. The van der Waals surface area contributed by atoms with Crippen molar-refractivity contribution in [3.05, 3.63) is 54.6 Å². The van der Waals surface area contributed by atoms with Crippen LogP contribution in [0.2, 0.25) is 0 Å². The first-order valence-electron chi connectivity index (χ1n) is 4.97. The smallest absolute Gasteiger partial charge is 0.128 e. The van der Waals surface area contributed by atoms with Crippen LogP contribution in [-0.4, -0.2) is 15.5 Å². The number of ether oxygens (including phenoxy) is 1. The number of para-hydroxylation sites is 1. The highest BCUT2D eigenvalue weighted by molar-refractivity contribution is 7.95. The molecule has 2 aromatic rings. The zero-order valence-corrected chi connectivity index (χ0v) is 11.2. The number of halogens is 1. The first kappa shape index (κ1) is 14.1. The lowest BCUT2D eigenvalue weighted by Gasteiger charge is -2.13. The Morgan fingerprint density at radius 3 is 2.18 bits per heavy atom. The summed E-state index contributed by atoms with van der Waals surface area (Å²) in [5.41, 5.74) is 0. The molecule has 0 amide bonds. The minimum atomic E-state index is -0.850. The van der Waals surface area contributed by atoms with E-state index in [2.05, 4.69) is 0 Å². The Labute approximate surface area is 110 Å². The summed E-state index contributed by atoms with van der Waals surface area (Å²) in [6.07, 6.45) is 0. The Balaban J connectivity index is 0.00000144. The maximum atomic E-state index is 6.50. The second kappa shape index (κ2) is 6.69. The number of rotatable bonds is 3. The van der Waals surface area contributed by atoms with Crippen LogP contribution in [0.3, 0.4) is 0 Å². The van der Waals surface area contributed by atoms with E-state index in [9.17, 15) is 0 Å². The largest absolute Gasteiger partial charge is 0.496 e. The molecule has 0 spiro atoms. The third-order valence-electron chi connectivity index (χ3n) is 2.28. The van der Waals surface area contributed by atoms with Crippen molar-refractivity contribution in [3.8, 4) is 5.75 Å². The lowest BCUT2D eigenvalue weighted by Crippen LogP contribution is -2.10. The predicted octanol–water partition coefficient (Wildman–Crippen LogP) is 2.90. The molecule has 1 unspecified atom stereocenters. The minimum absolute atomic E-state index is 0. The van der Waals surface area contributed by atoms with Crippen molar-refractivity contribution in [2.45, 2.75) is 0 Å². The zero-order chi connectivity index (χ0) is 11.4. The summed E-state index contributed by atoms with van der Waals surface area (Å²) in [5, 5.41) is 2.21. The fraction of sp³-hybridized carbons (Fsp3) is 0.0769. The minimum Gasteiger partial charge on any atom is -0.496 e. The summed E-state index contributed by atoms with van der Waals surface area (Å²) >= 11 is 6.50. The standard InChI is InChI=1S/C13H12ClOP.B/c1-15-12-9-5-6-10-13(12)16(14)11-7-3-2-4-8-11;/h2-10H,1H3;. The van der Waals surface area contributed by atoms with Gasteiger partial charge in [0, 0.05) is 13.7 Å². The van der Waals surface area contributed by atoms with Crippen molar-refractivity contribution >= 4 is 37.5 Å². The fourth-order valence-corrected chi connectivity index (χ4v) is 3.54. The molecule has 1 atom stereocenters. The molecule has 0 bridgehead atoms. The molecule has 3 radical (unpaired) electrons. The van der Waals surface area contributed by atoms with Gasteiger partial charge in [0.25, 0.3) is 0 Å². The van der Waals surface area contributed by atoms with E-state index in [4.69, 9.17) is 16.0 Å². The molecule has 85 valence electrons. The average Bonchev–Trinajstić information content (AvgIpc) is 2.39. The second-order valence-corrected chi connectivity index (χ2v) is 5.86. The molecule has 0 fully saturated rings. The molecule has 0 saturated carbocycles. The lowest BCUT2D eigenvalue weighted by atomic mass is 10.3. The Hall–Kier alpha value is -0.975. The van der Waals surface area contributed by atoms with Gasteiger partial charge < -0.3 is 4.74 Å². The molecule has 0 aliphatic rings. The summed E-state index contributed by atoms with van der Waals surface area (Å²) in [6.45, 7) is 0. The molecule has 4 heteroatoms. The van der Waals surface area contributed by atoms with Crippen LogP contribution in [0.15, 0.2) is 54.6 Å². The van der Waals surface area contributed by atoms with E-state index in [-0.39, 0.29) is 8.41 Å². The van der Waals surface area contributed by atoms with Crippen molar-refractivity contribution in [1.29, 1.82) is 0 Å². The van der Waals surface area contributed by atoms with Crippen LogP contribution in [0.4, 0.5) is 0 Å². The van der Waals surface area contributed by atoms with E-state index < -0.39 is 7.27 Å². The first-order chi connectivity index (χ1) is 7.83. The van der Waals surface area contributed by atoms with Crippen molar-refractivity contribution in [2.75, 3.05) is 7.11 Å². The van der Waals surface area contributed by atoms with Gasteiger partial charge in [0.05, 0.1) is 14.4 Å². The van der Waals surface area contributed by atoms with E-state index >= 15 is 0 Å². The molecule has 0 heterocycles. The Morgan fingerprint density at radius 1 is 0.941 bits per heavy atom. The van der Waals surface area contributed by atoms with Crippen molar-refractivity contribution in [2.24, 2.45) is 0 Å². The van der Waals surface area contributed by atoms with Crippen molar-refractivity contribution < 1.29 is 4.74 Å². The molecular formula is C13H12BClOP. The van der Waals surface area contributed by atoms with Gasteiger partial charge in [0.1, 0.15) is 5.75 Å². The van der Waals surface area contributed by atoms with Crippen LogP contribution in [-0.2, 0) is 0 Å². The van der Waals surface area contributed by atoms with Crippen LogP contribution in [0.5, 0.6) is 5.75 Å². The molecule has 0 saturated heterocycles. The molecule has 1 nitrogen and oxygen atoms in total. The van der Waals surface area contributed by atoms with Crippen LogP contribution >= 0.6 is 18.5 Å². The van der Waals surface area contributed by atoms with Gasteiger partial charge in [-0.2, -0.15) is 0 Å². The molecule has 17 heavy (non-hydrogen) atoms. The van der Waals surface area contributed by atoms with Crippen LogP contribution < -0.4 is 15.3 Å². The topological polar surface area (TPSA) is 9.23 Å². The predicted molar refractivity (Wildman–Crippen MR) is 77.2 cm³/mol. The maximum absolute atomic E-state index is 6.50. The van der Waals surface area contributed by atoms with Gasteiger partial charge in [-0.1, -0.05) is 53.7 Å². The molecular weight excluding hydrogens is 249 g/mol. The van der Waals surface area contributed by atoms with Gasteiger partial charge in [-0.25, -0.2) is 0 Å². The molecule has 0 aliphatic heterocycles. The number of hydrogen-bond acceptors (Lipinski definition) is 1. The number of hydrogen-bond donors (Lipinski definition) is 0. The van der Waals surface area contributed by atoms with E-state index in [1.54, 1.807) is 7.11 Å². The fourth-order valence-electron chi connectivity index (χ4n) is 1.49. The van der Waals surface area contributed by atoms with E-state index in [1.165, 1.54) is 0 Å². The Bertz CT molecular complexity index is 464. The maximum Gasteiger partial charge on any atom is 0.128 e. The van der Waals surface area contributed by atoms with Crippen molar-refractivity contribution in [3.63, 3.8) is 0 Å². The SMILES string of the molecule is COc1ccccc1P(Cl)c1ccccc1.[B]. The summed E-state index contributed by atoms with van der Waals surface area (Å²) < 4.78 is 5.32. The molecule has 2 aromatic carbocycles. The highest BCUT2D eigenvalue weighted by Gasteiger charge is 2.14. The highest BCUT2D eigenvalue weighted by atomic mass is 35.7. The van der Waals surface area contributed by atoms with Crippen LogP contribution in [0, 0.1) is 0 Å². The molecule has 0 N–H and O–H groups in total. The quantitative estimate of drug-likeness (QED) is 0.610. The first-order valence-corrected chi connectivity index (χ1v) is 7.21. The monoisotopic (exact) mass is 261 g/mol. The van der Waals surface area contributed by atoms with Gasteiger partial charge in [0.15, 0.2) is 0 Å². The van der Waals surface area contributed by atoms with Crippen molar-refractivity contribution in [1.82, 2.24) is 0 Å². The van der Waals surface area contributed by atoms with Gasteiger partial charge in [0.2, 0.25) is 0 Å². The third kappa shape index (κ3) is 3.25. The van der Waals surface area contributed by atoms with E-state index in [1.807, 2.05) is 54.6 Å². The third-order valence-corrected chi connectivity index (χ3v) is 4.96. The van der Waals surface area contributed by atoms with Gasteiger partial charge >= 0.3 is 0 Å². The summed E-state index contributed by atoms with van der Waals surface area (Å²) in [5.74, 6) is 0.854. The van der Waals surface area contributed by atoms with E-state index in [0.29, 0.717) is 0 Å². The van der Waals surface area contributed by atoms with Gasteiger partial charge in [-0.3, -0.25) is 0 Å². The average molecular weight is 261 g/mol. The number of methoxy groups -OCH3 is 1.